The van der Waals surface area contributed by atoms with Gasteiger partial charge in [0, 0.05) is 26.7 Å². The van der Waals surface area contributed by atoms with Crippen molar-refractivity contribution in [1.82, 2.24) is 10.2 Å². The second-order valence-electron chi connectivity index (χ2n) is 5.26. The van der Waals surface area contributed by atoms with Gasteiger partial charge in [-0.15, -0.1) is 0 Å². The van der Waals surface area contributed by atoms with Gasteiger partial charge in [0.25, 0.3) is 0 Å². The van der Waals surface area contributed by atoms with Crippen molar-refractivity contribution in [2.24, 2.45) is 11.3 Å². The number of methoxy groups -OCH3 is 1. The fourth-order valence-electron chi connectivity index (χ4n) is 2.35. The Hall–Kier alpha value is -1.12. The van der Waals surface area contributed by atoms with Gasteiger partial charge in [-0.2, -0.15) is 5.26 Å². The Kier molecular flexibility index (Phi) is 5.57. The monoisotopic (exact) mass is 253 g/mol. The lowest BCUT2D eigenvalue weighted by molar-refractivity contribution is -0.133. The first-order valence-electron chi connectivity index (χ1n) is 6.41. The van der Waals surface area contributed by atoms with Crippen molar-refractivity contribution in [3.63, 3.8) is 0 Å². The highest BCUT2D eigenvalue weighted by Gasteiger charge is 2.48. The summed E-state index contributed by atoms with van der Waals surface area (Å²) in [6, 6.07) is 2.17. The molecule has 0 heterocycles. The molecule has 1 saturated carbocycles. The molecule has 0 spiro atoms. The first-order chi connectivity index (χ1) is 8.54. The van der Waals surface area contributed by atoms with E-state index < -0.39 is 5.41 Å². The maximum atomic E-state index is 11.9. The van der Waals surface area contributed by atoms with E-state index in [1.807, 2.05) is 7.05 Å². The van der Waals surface area contributed by atoms with Crippen LogP contribution in [0.4, 0.5) is 0 Å². The third-order valence-corrected chi connectivity index (χ3v) is 3.50. The van der Waals surface area contributed by atoms with Crippen LogP contribution in [0.2, 0.25) is 0 Å². The number of carbonyl (C=O) groups is 1. The zero-order valence-electron chi connectivity index (χ0n) is 11.5. The van der Waals surface area contributed by atoms with Gasteiger partial charge in [-0.25, -0.2) is 0 Å². The van der Waals surface area contributed by atoms with E-state index in [-0.39, 0.29) is 5.91 Å². The molecule has 102 valence electrons. The number of nitrogens with zero attached hydrogens (tertiary/aromatic N) is 2. The SMILES string of the molecule is COCCN(C)CCNC(=O)C1(C#N)CC(C)C1. The molecule has 0 aliphatic heterocycles. The van der Waals surface area contributed by atoms with Crippen LogP contribution in [-0.4, -0.2) is 51.2 Å². The number of hydrogen-bond donors (Lipinski definition) is 1. The Labute approximate surface area is 109 Å². The van der Waals surface area contributed by atoms with Crippen molar-refractivity contribution in [3.05, 3.63) is 0 Å². The maximum absolute atomic E-state index is 11.9. The topological polar surface area (TPSA) is 65.4 Å². The summed E-state index contributed by atoms with van der Waals surface area (Å²) < 4.78 is 4.98. The maximum Gasteiger partial charge on any atom is 0.240 e. The van der Waals surface area contributed by atoms with Gasteiger partial charge >= 0.3 is 0 Å². The zero-order chi connectivity index (χ0) is 13.6. The van der Waals surface area contributed by atoms with Crippen molar-refractivity contribution in [3.8, 4) is 6.07 Å². The lowest BCUT2D eigenvalue weighted by Gasteiger charge is -2.39. The molecule has 1 aliphatic carbocycles. The molecule has 0 unspecified atom stereocenters. The summed E-state index contributed by atoms with van der Waals surface area (Å²) in [7, 11) is 3.65. The number of likely N-dealkylation sites (N-methyl/N-ethyl adjacent to an activating group) is 1. The summed E-state index contributed by atoms with van der Waals surface area (Å²) in [5.74, 6) is 0.378. The average molecular weight is 253 g/mol. The summed E-state index contributed by atoms with van der Waals surface area (Å²) in [4.78, 5) is 14.0. The van der Waals surface area contributed by atoms with Crippen LogP contribution in [0.1, 0.15) is 19.8 Å². The second kappa shape index (κ2) is 6.72. The molecule has 0 radical (unpaired) electrons. The summed E-state index contributed by atoms with van der Waals surface area (Å²) in [5.41, 5.74) is -0.759. The van der Waals surface area contributed by atoms with Crippen LogP contribution in [0.5, 0.6) is 0 Å². The minimum atomic E-state index is -0.759. The Morgan fingerprint density at radius 2 is 2.22 bits per heavy atom. The molecule has 0 saturated heterocycles. The Bertz CT molecular complexity index is 319. The zero-order valence-corrected chi connectivity index (χ0v) is 11.5. The fourth-order valence-corrected chi connectivity index (χ4v) is 2.35. The lowest BCUT2D eigenvalue weighted by Crippen LogP contribution is -2.49. The highest BCUT2D eigenvalue weighted by molar-refractivity contribution is 5.86. The Morgan fingerprint density at radius 3 is 2.72 bits per heavy atom. The lowest BCUT2D eigenvalue weighted by atomic mass is 9.63. The van der Waals surface area contributed by atoms with Crippen LogP contribution in [0, 0.1) is 22.7 Å². The van der Waals surface area contributed by atoms with Crippen molar-refractivity contribution >= 4 is 5.91 Å². The Balaban J connectivity index is 2.23. The van der Waals surface area contributed by atoms with Crippen molar-refractivity contribution in [1.29, 1.82) is 5.26 Å². The van der Waals surface area contributed by atoms with Crippen molar-refractivity contribution < 1.29 is 9.53 Å². The molecular formula is C13H23N3O2. The summed E-state index contributed by atoms with van der Waals surface area (Å²) >= 11 is 0. The number of nitriles is 1. The molecule has 1 aliphatic rings. The van der Waals surface area contributed by atoms with Gasteiger partial charge in [0.1, 0.15) is 5.41 Å². The molecule has 1 fully saturated rings. The molecule has 0 atom stereocenters. The second-order valence-corrected chi connectivity index (χ2v) is 5.26. The van der Waals surface area contributed by atoms with Gasteiger partial charge in [0.05, 0.1) is 12.7 Å². The summed E-state index contributed by atoms with van der Waals surface area (Å²) in [6.07, 6.45) is 1.38. The number of nitrogens with one attached hydrogen (secondary N) is 1. The highest BCUT2D eigenvalue weighted by atomic mass is 16.5. The third-order valence-electron chi connectivity index (χ3n) is 3.50. The standard InChI is InChI=1S/C13H23N3O2/c1-11-8-13(9-11,10-14)12(17)15-4-5-16(2)6-7-18-3/h11H,4-9H2,1-3H3,(H,15,17). The molecule has 1 N–H and O–H groups in total. The number of amides is 1. The van der Waals surface area contributed by atoms with E-state index in [0.29, 0.717) is 31.9 Å². The molecule has 0 bridgehead atoms. The minimum absolute atomic E-state index is 0.108. The van der Waals surface area contributed by atoms with E-state index >= 15 is 0 Å². The van der Waals surface area contributed by atoms with Gasteiger partial charge in [-0.3, -0.25) is 4.79 Å². The van der Waals surface area contributed by atoms with Crippen LogP contribution in [0.15, 0.2) is 0 Å². The number of ether oxygens (including phenoxy) is 1. The van der Waals surface area contributed by atoms with Crippen LogP contribution >= 0.6 is 0 Å². The average Bonchev–Trinajstić information content (AvgIpc) is 2.31. The van der Waals surface area contributed by atoms with Crippen LogP contribution < -0.4 is 5.32 Å². The van der Waals surface area contributed by atoms with Crippen LogP contribution in [-0.2, 0) is 9.53 Å². The van der Waals surface area contributed by atoms with Crippen molar-refractivity contribution in [2.75, 3.05) is 40.4 Å². The molecule has 0 aromatic carbocycles. The molecule has 0 aromatic heterocycles. The van der Waals surface area contributed by atoms with E-state index in [1.54, 1.807) is 7.11 Å². The highest BCUT2D eigenvalue weighted by Crippen LogP contribution is 2.44. The smallest absolute Gasteiger partial charge is 0.240 e. The van der Waals surface area contributed by atoms with Gasteiger partial charge in [-0.05, 0) is 25.8 Å². The third kappa shape index (κ3) is 3.69. The van der Waals surface area contributed by atoms with Crippen LogP contribution in [0.3, 0.4) is 0 Å². The molecule has 0 aromatic rings. The molecule has 5 heteroatoms. The molecule has 1 amide bonds. The molecule has 1 rings (SSSR count). The number of rotatable bonds is 7. The van der Waals surface area contributed by atoms with Gasteiger partial charge in [-0.1, -0.05) is 6.92 Å². The molecule has 18 heavy (non-hydrogen) atoms. The predicted molar refractivity (Wildman–Crippen MR) is 68.8 cm³/mol. The Morgan fingerprint density at radius 1 is 1.56 bits per heavy atom. The quantitative estimate of drug-likeness (QED) is 0.722. The predicted octanol–water partition coefficient (Wildman–Crippen LogP) is 0.621. The van der Waals surface area contributed by atoms with Gasteiger partial charge < -0.3 is 15.0 Å². The van der Waals surface area contributed by atoms with Crippen molar-refractivity contribution in [2.45, 2.75) is 19.8 Å². The largest absolute Gasteiger partial charge is 0.383 e. The summed E-state index contributed by atoms with van der Waals surface area (Å²) in [5, 5.41) is 12.0. The number of carbonyl (C=O) groups excluding carboxylic acids is 1. The first-order valence-corrected chi connectivity index (χ1v) is 6.41. The number of hydrogen-bond acceptors (Lipinski definition) is 4. The van der Waals surface area contributed by atoms with E-state index in [4.69, 9.17) is 10.00 Å². The van der Waals surface area contributed by atoms with Gasteiger partial charge in [0.15, 0.2) is 0 Å². The first kappa shape index (κ1) is 14.9. The normalized spacial score (nSPS) is 26.5. The van der Waals surface area contributed by atoms with E-state index in [2.05, 4.69) is 23.2 Å². The molecular weight excluding hydrogens is 230 g/mol. The van der Waals surface area contributed by atoms with Crippen LogP contribution in [0.25, 0.3) is 0 Å². The fraction of sp³-hybridized carbons (Fsp3) is 0.846. The van der Waals surface area contributed by atoms with E-state index in [1.165, 1.54) is 0 Å². The van der Waals surface area contributed by atoms with E-state index in [0.717, 1.165) is 13.1 Å². The van der Waals surface area contributed by atoms with Gasteiger partial charge in [0.2, 0.25) is 5.91 Å². The van der Waals surface area contributed by atoms with E-state index in [9.17, 15) is 4.79 Å². The molecule has 5 nitrogen and oxygen atoms in total. The minimum Gasteiger partial charge on any atom is -0.383 e. The summed E-state index contributed by atoms with van der Waals surface area (Å²) in [6.45, 7) is 4.95.